The monoisotopic (exact) mass is 294 g/mol. The van der Waals surface area contributed by atoms with E-state index in [-0.39, 0.29) is 29.0 Å². The van der Waals surface area contributed by atoms with E-state index in [2.05, 4.69) is 9.98 Å². The first-order valence-corrected chi connectivity index (χ1v) is 7.14. The quantitative estimate of drug-likeness (QED) is 0.505. The molecule has 6 N–H and O–H groups in total. The van der Waals surface area contributed by atoms with Gasteiger partial charge in [-0.3, -0.25) is 0 Å². The van der Waals surface area contributed by atoms with E-state index in [9.17, 15) is 8.42 Å². The summed E-state index contributed by atoms with van der Waals surface area (Å²) in [7, 11) is -3.46. The second-order valence-electron chi connectivity index (χ2n) is 3.73. The standard InChI is InChI=1S/C11H14N6O2S/c12-6-1-7-20(18,19)9-4-2-8(3-5-9)16-11(15)17-10(13)14/h2-5H,1,7H2,(H6,13,14,15,16,17). The zero-order chi connectivity index (χ0) is 15.2. The molecule has 0 aliphatic carbocycles. The van der Waals surface area contributed by atoms with E-state index in [1.165, 1.54) is 24.3 Å². The first-order chi connectivity index (χ1) is 9.35. The van der Waals surface area contributed by atoms with E-state index in [4.69, 9.17) is 22.5 Å². The molecule has 0 saturated heterocycles. The van der Waals surface area contributed by atoms with Crippen LogP contribution in [-0.2, 0) is 9.84 Å². The lowest BCUT2D eigenvalue weighted by Crippen LogP contribution is -2.26. The maximum atomic E-state index is 11.8. The van der Waals surface area contributed by atoms with Crippen LogP contribution in [0, 0.1) is 11.3 Å². The number of hydrogen-bond acceptors (Lipinski definition) is 4. The summed E-state index contributed by atoms with van der Waals surface area (Å²) in [5, 5.41) is 8.41. The van der Waals surface area contributed by atoms with Gasteiger partial charge < -0.3 is 17.2 Å². The van der Waals surface area contributed by atoms with Crippen LogP contribution in [0.5, 0.6) is 0 Å². The lowest BCUT2D eigenvalue weighted by Gasteiger charge is -2.02. The Morgan fingerprint density at radius 3 is 2.30 bits per heavy atom. The number of nitriles is 1. The van der Waals surface area contributed by atoms with Crippen LogP contribution < -0.4 is 17.2 Å². The Bertz CT molecular complexity index is 666. The molecule has 1 aromatic rings. The van der Waals surface area contributed by atoms with Crippen molar-refractivity contribution in [3.8, 4) is 6.07 Å². The van der Waals surface area contributed by atoms with Gasteiger partial charge in [0, 0.05) is 6.42 Å². The first kappa shape index (κ1) is 15.5. The average Bonchev–Trinajstić information content (AvgIpc) is 2.36. The SMILES string of the molecule is N#CCCS(=O)(=O)c1ccc(N=C(N)N=C(N)N)cc1. The summed E-state index contributed by atoms with van der Waals surface area (Å²) < 4.78 is 23.6. The summed E-state index contributed by atoms with van der Waals surface area (Å²) in [6.07, 6.45) is -0.0559. The van der Waals surface area contributed by atoms with Crippen LogP contribution in [0.2, 0.25) is 0 Å². The molecule has 0 aromatic heterocycles. The first-order valence-electron chi connectivity index (χ1n) is 5.49. The molecule has 0 unspecified atom stereocenters. The number of sulfone groups is 1. The Morgan fingerprint density at radius 1 is 1.20 bits per heavy atom. The highest BCUT2D eigenvalue weighted by molar-refractivity contribution is 7.91. The molecular weight excluding hydrogens is 280 g/mol. The van der Waals surface area contributed by atoms with Gasteiger partial charge in [0.15, 0.2) is 15.8 Å². The third-order valence-electron chi connectivity index (χ3n) is 2.17. The minimum Gasteiger partial charge on any atom is -0.370 e. The number of hydrogen-bond donors (Lipinski definition) is 3. The van der Waals surface area contributed by atoms with Crippen molar-refractivity contribution in [3.05, 3.63) is 24.3 Å². The lowest BCUT2D eigenvalue weighted by atomic mass is 10.3. The molecule has 0 aliphatic rings. The summed E-state index contributed by atoms with van der Waals surface area (Å²) in [5.74, 6) is -0.575. The molecule has 1 aromatic carbocycles. The molecule has 0 saturated carbocycles. The highest BCUT2D eigenvalue weighted by Gasteiger charge is 2.13. The van der Waals surface area contributed by atoms with Crippen LogP contribution >= 0.6 is 0 Å². The Labute approximate surface area is 116 Å². The zero-order valence-corrected chi connectivity index (χ0v) is 11.3. The molecule has 0 amide bonds. The van der Waals surface area contributed by atoms with E-state index >= 15 is 0 Å². The molecule has 0 radical (unpaired) electrons. The van der Waals surface area contributed by atoms with Crippen molar-refractivity contribution in [1.29, 1.82) is 5.26 Å². The van der Waals surface area contributed by atoms with Crippen molar-refractivity contribution >= 4 is 27.4 Å². The van der Waals surface area contributed by atoms with Gasteiger partial charge in [-0.25, -0.2) is 13.4 Å². The minimum absolute atomic E-state index is 0.0559. The molecule has 0 aliphatic heterocycles. The third kappa shape index (κ3) is 4.58. The van der Waals surface area contributed by atoms with Crippen molar-refractivity contribution < 1.29 is 8.42 Å². The highest BCUT2D eigenvalue weighted by atomic mass is 32.2. The van der Waals surface area contributed by atoms with Crippen LogP contribution in [0.25, 0.3) is 0 Å². The van der Waals surface area contributed by atoms with Crippen molar-refractivity contribution in [3.63, 3.8) is 0 Å². The van der Waals surface area contributed by atoms with E-state index < -0.39 is 9.84 Å². The molecule has 0 heterocycles. The Balaban J connectivity index is 2.96. The van der Waals surface area contributed by atoms with Crippen LogP contribution in [-0.4, -0.2) is 26.1 Å². The van der Waals surface area contributed by atoms with Crippen molar-refractivity contribution in [2.75, 3.05) is 5.75 Å². The molecule has 0 bridgehead atoms. The molecule has 20 heavy (non-hydrogen) atoms. The molecule has 8 nitrogen and oxygen atoms in total. The van der Waals surface area contributed by atoms with E-state index in [0.717, 1.165) is 0 Å². The maximum absolute atomic E-state index is 11.8. The van der Waals surface area contributed by atoms with E-state index in [1.54, 1.807) is 6.07 Å². The molecule has 1 rings (SSSR count). The Hall–Kier alpha value is -2.60. The average molecular weight is 294 g/mol. The predicted octanol–water partition coefficient (Wildman–Crippen LogP) is -0.406. The summed E-state index contributed by atoms with van der Waals surface area (Å²) in [4.78, 5) is 7.53. The van der Waals surface area contributed by atoms with Gasteiger partial charge in [-0.05, 0) is 24.3 Å². The number of rotatable bonds is 4. The molecule has 106 valence electrons. The fourth-order valence-electron chi connectivity index (χ4n) is 1.32. The lowest BCUT2D eigenvalue weighted by molar-refractivity contribution is 0.596. The maximum Gasteiger partial charge on any atom is 0.223 e. The molecule has 0 atom stereocenters. The summed E-state index contributed by atoms with van der Waals surface area (Å²) in [5.41, 5.74) is 16.1. The van der Waals surface area contributed by atoms with Gasteiger partial charge in [0.1, 0.15) is 0 Å². The van der Waals surface area contributed by atoms with Crippen molar-refractivity contribution in [2.45, 2.75) is 11.3 Å². The van der Waals surface area contributed by atoms with Gasteiger partial charge in [-0.15, -0.1) is 0 Å². The molecule has 9 heteroatoms. The van der Waals surface area contributed by atoms with Crippen LogP contribution in [0.15, 0.2) is 39.1 Å². The Kier molecular flexibility index (Phi) is 5.05. The number of nitrogens with zero attached hydrogens (tertiary/aromatic N) is 3. The van der Waals surface area contributed by atoms with Crippen LogP contribution in [0.3, 0.4) is 0 Å². The largest absolute Gasteiger partial charge is 0.370 e. The fraction of sp³-hybridized carbons (Fsp3) is 0.182. The number of aliphatic imine (C=N–C) groups is 2. The topological polar surface area (TPSA) is 161 Å². The number of nitrogens with two attached hydrogens (primary N) is 3. The van der Waals surface area contributed by atoms with Gasteiger partial charge in [-0.2, -0.15) is 10.3 Å². The fourth-order valence-corrected chi connectivity index (χ4v) is 2.46. The van der Waals surface area contributed by atoms with Gasteiger partial charge in [0.2, 0.25) is 5.96 Å². The Morgan fingerprint density at radius 2 is 1.80 bits per heavy atom. The van der Waals surface area contributed by atoms with Gasteiger partial charge in [-0.1, -0.05) is 0 Å². The highest BCUT2D eigenvalue weighted by Crippen LogP contribution is 2.18. The summed E-state index contributed by atoms with van der Waals surface area (Å²) in [6.45, 7) is 0. The number of benzene rings is 1. The smallest absolute Gasteiger partial charge is 0.223 e. The number of guanidine groups is 2. The van der Waals surface area contributed by atoms with Gasteiger partial charge in [0.05, 0.1) is 22.4 Å². The summed E-state index contributed by atoms with van der Waals surface area (Å²) in [6, 6.07) is 7.49. The van der Waals surface area contributed by atoms with E-state index in [0.29, 0.717) is 5.69 Å². The predicted molar refractivity (Wildman–Crippen MR) is 75.8 cm³/mol. The zero-order valence-electron chi connectivity index (χ0n) is 10.5. The van der Waals surface area contributed by atoms with E-state index in [1.807, 2.05) is 0 Å². The molecule has 0 spiro atoms. The normalized spacial score (nSPS) is 11.7. The van der Waals surface area contributed by atoms with Crippen molar-refractivity contribution in [1.82, 2.24) is 0 Å². The van der Waals surface area contributed by atoms with Gasteiger partial charge >= 0.3 is 0 Å². The second kappa shape index (κ2) is 6.53. The van der Waals surface area contributed by atoms with Gasteiger partial charge in [0.25, 0.3) is 0 Å². The van der Waals surface area contributed by atoms with Crippen LogP contribution in [0.4, 0.5) is 5.69 Å². The van der Waals surface area contributed by atoms with Crippen molar-refractivity contribution in [2.24, 2.45) is 27.2 Å². The molecule has 0 fully saturated rings. The van der Waals surface area contributed by atoms with Crippen LogP contribution in [0.1, 0.15) is 6.42 Å². The molecular formula is C11H14N6O2S. The minimum atomic E-state index is -3.46. The second-order valence-corrected chi connectivity index (χ2v) is 5.84. The summed E-state index contributed by atoms with van der Waals surface area (Å²) >= 11 is 0. The third-order valence-corrected chi connectivity index (χ3v) is 3.90.